The van der Waals surface area contributed by atoms with Crippen LogP contribution in [-0.4, -0.2) is 27.9 Å². The SMILES string of the molecule is Cc1cc(C)nc(SCCC(N)C(=O)O)c1. The van der Waals surface area contributed by atoms with E-state index in [0.29, 0.717) is 12.2 Å². The predicted octanol–water partition coefficient (Wildman–Crippen LogP) is 1.59. The minimum Gasteiger partial charge on any atom is -0.480 e. The van der Waals surface area contributed by atoms with Crippen molar-refractivity contribution < 1.29 is 9.90 Å². The Labute approximate surface area is 99.3 Å². The first kappa shape index (κ1) is 13.0. The fourth-order valence-corrected chi connectivity index (χ4v) is 2.35. The summed E-state index contributed by atoms with van der Waals surface area (Å²) in [6.07, 6.45) is 0.453. The van der Waals surface area contributed by atoms with Crippen LogP contribution >= 0.6 is 11.8 Å². The van der Waals surface area contributed by atoms with E-state index in [2.05, 4.69) is 4.98 Å². The molecule has 0 saturated carbocycles. The first-order valence-electron chi connectivity index (χ1n) is 5.05. The summed E-state index contributed by atoms with van der Waals surface area (Å²) in [5, 5.41) is 9.54. The molecule has 1 rings (SSSR count). The molecule has 1 heterocycles. The molecule has 5 heteroatoms. The molecule has 88 valence electrons. The lowest BCUT2D eigenvalue weighted by atomic mass is 10.2. The summed E-state index contributed by atoms with van der Waals surface area (Å²) in [4.78, 5) is 14.9. The van der Waals surface area contributed by atoms with Crippen molar-refractivity contribution in [2.45, 2.75) is 31.3 Å². The normalized spacial score (nSPS) is 12.4. The highest BCUT2D eigenvalue weighted by Crippen LogP contribution is 2.18. The molecule has 0 aliphatic carbocycles. The number of hydrogen-bond donors (Lipinski definition) is 2. The van der Waals surface area contributed by atoms with Crippen LogP contribution < -0.4 is 5.73 Å². The minimum absolute atomic E-state index is 0.453. The Morgan fingerprint density at radius 2 is 2.25 bits per heavy atom. The Bertz CT molecular complexity index is 362. The number of hydrogen-bond acceptors (Lipinski definition) is 4. The highest BCUT2D eigenvalue weighted by atomic mass is 32.2. The smallest absolute Gasteiger partial charge is 0.320 e. The maximum Gasteiger partial charge on any atom is 0.320 e. The zero-order valence-electron chi connectivity index (χ0n) is 9.43. The van der Waals surface area contributed by atoms with Gasteiger partial charge in [0.15, 0.2) is 0 Å². The van der Waals surface area contributed by atoms with Crippen LogP contribution in [0.25, 0.3) is 0 Å². The first-order chi connectivity index (χ1) is 7.49. The van der Waals surface area contributed by atoms with Crippen LogP contribution in [0.15, 0.2) is 17.2 Å². The van der Waals surface area contributed by atoms with Gasteiger partial charge in [-0.15, -0.1) is 11.8 Å². The number of aryl methyl sites for hydroxylation is 2. The molecule has 0 aromatic carbocycles. The topological polar surface area (TPSA) is 76.2 Å². The zero-order chi connectivity index (χ0) is 12.1. The van der Waals surface area contributed by atoms with Crippen LogP contribution in [0.4, 0.5) is 0 Å². The second-order valence-electron chi connectivity index (χ2n) is 3.71. The Balaban J connectivity index is 2.46. The Morgan fingerprint density at radius 3 is 2.81 bits per heavy atom. The van der Waals surface area contributed by atoms with Gasteiger partial charge >= 0.3 is 5.97 Å². The van der Waals surface area contributed by atoms with Gasteiger partial charge in [0.1, 0.15) is 6.04 Å². The summed E-state index contributed by atoms with van der Waals surface area (Å²) in [7, 11) is 0. The number of nitrogens with zero attached hydrogens (tertiary/aromatic N) is 1. The fraction of sp³-hybridized carbons (Fsp3) is 0.455. The predicted molar refractivity (Wildman–Crippen MR) is 64.7 cm³/mol. The lowest BCUT2D eigenvalue weighted by molar-refractivity contribution is -0.138. The second-order valence-corrected chi connectivity index (χ2v) is 4.82. The standard InChI is InChI=1S/C11H16N2O2S/c1-7-5-8(2)13-10(6-7)16-4-3-9(12)11(14)15/h5-6,9H,3-4,12H2,1-2H3,(H,14,15). The van der Waals surface area contributed by atoms with Crippen molar-refractivity contribution in [3.05, 3.63) is 23.4 Å². The van der Waals surface area contributed by atoms with E-state index in [1.807, 2.05) is 26.0 Å². The lowest BCUT2D eigenvalue weighted by Gasteiger charge is -2.06. The molecule has 0 saturated heterocycles. The van der Waals surface area contributed by atoms with E-state index in [1.165, 1.54) is 0 Å². The van der Waals surface area contributed by atoms with Gasteiger partial charge in [0.25, 0.3) is 0 Å². The summed E-state index contributed by atoms with van der Waals surface area (Å²) in [5.41, 5.74) is 7.55. The number of nitrogens with two attached hydrogens (primary N) is 1. The van der Waals surface area contributed by atoms with Crippen molar-refractivity contribution in [1.82, 2.24) is 4.98 Å². The molecular formula is C11H16N2O2S. The van der Waals surface area contributed by atoms with Gasteiger partial charge < -0.3 is 10.8 Å². The number of carboxylic acid groups (broad SMARTS) is 1. The van der Waals surface area contributed by atoms with Gasteiger partial charge in [-0.3, -0.25) is 4.79 Å². The van der Waals surface area contributed by atoms with E-state index in [-0.39, 0.29) is 0 Å². The number of pyridine rings is 1. The van der Waals surface area contributed by atoms with Gasteiger partial charge in [-0.25, -0.2) is 4.98 Å². The maximum absolute atomic E-state index is 10.5. The molecule has 1 aromatic heterocycles. The summed E-state index contributed by atoms with van der Waals surface area (Å²) >= 11 is 1.54. The van der Waals surface area contributed by atoms with Gasteiger partial charge in [0, 0.05) is 11.4 Å². The molecule has 0 spiro atoms. The third-order valence-corrected chi connectivity index (χ3v) is 3.01. The number of aromatic nitrogens is 1. The van der Waals surface area contributed by atoms with Crippen molar-refractivity contribution in [2.75, 3.05) is 5.75 Å². The zero-order valence-corrected chi connectivity index (χ0v) is 10.3. The van der Waals surface area contributed by atoms with Gasteiger partial charge in [-0.1, -0.05) is 0 Å². The van der Waals surface area contributed by atoms with E-state index >= 15 is 0 Å². The van der Waals surface area contributed by atoms with E-state index < -0.39 is 12.0 Å². The molecule has 3 N–H and O–H groups in total. The first-order valence-corrected chi connectivity index (χ1v) is 6.04. The third kappa shape index (κ3) is 4.20. The molecule has 0 aliphatic heterocycles. The molecule has 1 atom stereocenters. The van der Waals surface area contributed by atoms with Crippen molar-refractivity contribution in [3.8, 4) is 0 Å². The van der Waals surface area contributed by atoms with Crippen molar-refractivity contribution in [1.29, 1.82) is 0 Å². The number of carboxylic acids is 1. The van der Waals surface area contributed by atoms with E-state index in [1.54, 1.807) is 11.8 Å². The Kier molecular flexibility index (Phi) is 4.76. The van der Waals surface area contributed by atoms with E-state index in [0.717, 1.165) is 16.3 Å². The quantitative estimate of drug-likeness (QED) is 0.764. The highest BCUT2D eigenvalue weighted by molar-refractivity contribution is 7.99. The molecule has 1 unspecified atom stereocenters. The van der Waals surface area contributed by atoms with Gasteiger partial charge in [0.2, 0.25) is 0 Å². The van der Waals surface area contributed by atoms with Gasteiger partial charge in [-0.05, 0) is 38.0 Å². The molecule has 0 bridgehead atoms. The second kappa shape index (κ2) is 5.86. The molecule has 0 amide bonds. The number of aliphatic carboxylic acids is 1. The van der Waals surface area contributed by atoms with Crippen molar-refractivity contribution >= 4 is 17.7 Å². The van der Waals surface area contributed by atoms with Crippen LogP contribution in [0.1, 0.15) is 17.7 Å². The van der Waals surface area contributed by atoms with Crippen LogP contribution in [0.2, 0.25) is 0 Å². The molecule has 4 nitrogen and oxygen atoms in total. The highest BCUT2D eigenvalue weighted by Gasteiger charge is 2.10. The van der Waals surface area contributed by atoms with Crippen LogP contribution in [0.3, 0.4) is 0 Å². The Hall–Kier alpha value is -1.07. The van der Waals surface area contributed by atoms with Crippen molar-refractivity contribution in [2.24, 2.45) is 5.73 Å². The summed E-state index contributed by atoms with van der Waals surface area (Å²) in [5.74, 6) is -0.280. The maximum atomic E-state index is 10.5. The van der Waals surface area contributed by atoms with Gasteiger partial charge in [0.05, 0.1) is 5.03 Å². The van der Waals surface area contributed by atoms with Gasteiger partial charge in [-0.2, -0.15) is 0 Å². The molecule has 0 fully saturated rings. The van der Waals surface area contributed by atoms with E-state index in [4.69, 9.17) is 10.8 Å². The lowest BCUT2D eigenvalue weighted by Crippen LogP contribution is -2.30. The molecule has 16 heavy (non-hydrogen) atoms. The largest absolute Gasteiger partial charge is 0.480 e. The number of carbonyl (C=O) groups is 1. The third-order valence-electron chi connectivity index (χ3n) is 2.07. The summed E-state index contributed by atoms with van der Waals surface area (Å²) < 4.78 is 0. The van der Waals surface area contributed by atoms with E-state index in [9.17, 15) is 4.79 Å². The van der Waals surface area contributed by atoms with Crippen LogP contribution in [0.5, 0.6) is 0 Å². The molecule has 0 aliphatic rings. The monoisotopic (exact) mass is 240 g/mol. The average Bonchev–Trinajstić information content (AvgIpc) is 2.15. The molecule has 0 radical (unpaired) electrons. The van der Waals surface area contributed by atoms with Crippen LogP contribution in [0, 0.1) is 13.8 Å². The minimum atomic E-state index is -0.950. The number of rotatable bonds is 5. The summed E-state index contributed by atoms with van der Waals surface area (Å²) in [6.45, 7) is 3.96. The molecular weight excluding hydrogens is 224 g/mol. The summed E-state index contributed by atoms with van der Waals surface area (Å²) in [6, 6.07) is 3.22. The fourth-order valence-electron chi connectivity index (χ4n) is 1.29. The Morgan fingerprint density at radius 1 is 1.56 bits per heavy atom. The van der Waals surface area contributed by atoms with Crippen molar-refractivity contribution in [3.63, 3.8) is 0 Å². The molecule has 1 aromatic rings. The van der Waals surface area contributed by atoms with Crippen LogP contribution in [-0.2, 0) is 4.79 Å². The average molecular weight is 240 g/mol. The number of thioether (sulfide) groups is 1.